The molecular formula is C26H29ClF2N4O3. The van der Waals surface area contributed by atoms with Crippen LogP contribution in [0, 0.1) is 17.0 Å². The summed E-state index contributed by atoms with van der Waals surface area (Å²) in [6, 6.07) is 4.72. The van der Waals surface area contributed by atoms with Gasteiger partial charge < -0.3 is 25.0 Å². The molecule has 1 saturated heterocycles. The minimum absolute atomic E-state index is 0.00975. The van der Waals surface area contributed by atoms with Crippen LogP contribution in [-0.4, -0.2) is 71.6 Å². The highest BCUT2D eigenvalue weighted by atomic mass is 35.5. The van der Waals surface area contributed by atoms with Crippen LogP contribution in [0.3, 0.4) is 0 Å². The lowest BCUT2D eigenvalue weighted by Gasteiger charge is -2.41. The topological polar surface area (TPSA) is 88.9 Å². The van der Waals surface area contributed by atoms with Gasteiger partial charge in [0.15, 0.2) is 5.75 Å². The number of nitrogens with one attached hydrogen (secondary N) is 2. The Morgan fingerprint density at radius 1 is 1.36 bits per heavy atom. The number of aliphatic hydroxyl groups excluding tert-OH is 1. The molecular weight excluding hydrogens is 490 g/mol. The highest BCUT2D eigenvalue weighted by Gasteiger charge is 2.33. The van der Waals surface area contributed by atoms with Crippen LogP contribution in [0.2, 0.25) is 5.02 Å². The molecule has 0 aromatic heterocycles. The zero-order valence-electron chi connectivity index (χ0n) is 20.0. The van der Waals surface area contributed by atoms with Crippen molar-refractivity contribution in [2.45, 2.75) is 31.9 Å². The second kappa shape index (κ2) is 10.8. The first-order valence-electron chi connectivity index (χ1n) is 11.8. The summed E-state index contributed by atoms with van der Waals surface area (Å²) in [6.45, 7) is 7.24. The molecule has 10 heteroatoms. The number of aliphatic hydroxyl groups is 1. The van der Waals surface area contributed by atoms with E-state index in [0.717, 1.165) is 12.1 Å². The van der Waals surface area contributed by atoms with Crippen molar-refractivity contribution in [2.75, 3.05) is 38.1 Å². The summed E-state index contributed by atoms with van der Waals surface area (Å²) >= 11 is 6.68. The molecule has 3 N–H and O–H groups in total. The van der Waals surface area contributed by atoms with Gasteiger partial charge in [-0.2, -0.15) is 0 Å². The Hall–Kier alpha value is -3.17. The molecule has 0 aliphatic carbocycles. The summed E-state index contributed by atoms with van der Waals surface area (Å²) in [4.78, 5) is 15.6. The fourth-order valence-corrected chi connectivity index (χ4v) is 5.02. The lowest BCUT2D eigenvalue weighted by Crippen LogP contribution is -2.55. The first kappa shape index (κ1) is 25.9. The van der Waals surface area contributed by atoms with E-state index >= 15 is 0 Å². The van der Waals surface area contributed by atoms with Crippen LogP contribution in [0.4, 0.5) is 14.5 Å². The Kier molecular flexibility index (Phi) is 7.80. The molecule has 0 spiro atoms. The van der Waals surface area contributed by atoms with Crippen LogP contribution < -0.4 is 10.1 Å². The third-order valence-electron chi connectivity index (χ3n) is 6.57. The van der Waals surface area contributed by atoms with E-state index in [1.807, 2.05) is 11.8 Å². The highest BCUT2D eigenvalue weighted by Crippen LogP contribution is 2.47. The third kappa shape index (κ3) is 5.03. The quantitative estimate of drug-likeness (QED) is 0.302. The molecule has 1 fully saturated rings. The maximum Gasteiger partial charge on any atom is 0.246 e. The molecule has 2 aromatic carbocycles. The molecule has 0 bridgehead atoms. The summed E-state index contributed by atoms with van der Waals surface area (Å²) in [7, 11) is 0. The minimum Gasteiger partial charge on any atom is -0.486 e. The molecule has 1 amide bonds. The average molecular weight is 519 g/mol. The van der Waals surface area contributed by atoms with Crippen molar-refractivity contribution < 1.29 is 23.4 Å². The van der Waals surface area contributed by atoms with E-state index in [4.69, 9.17) is 21.7 Å². The number of hydrogen-bond donors (Lipinski definition) is 3. The molecule has 2 heterocycles. The summed E-state index contributed by atoms with van der Waals surface area (Å²) in [5.41, 5.74) is 1.35. The van der Waals surface area contributed by atoms with Gasteiger partial charge in [-0.3, -0.25) is 10.2 Å². The van der Waals surface area contributed by atoms with Crippen molar-refractivity contribution >= 4 is 29.0 Å². The lowest BCUT2D eigenvalue weighted by molar-refractivity contribution is -0.128. The smallest absolute Gasteiger partial charge is 0.246 e. The number of anilines is 1. The third-order valence-corrected chi connectivity index (χ3v) is 6.86. The predicted octanol–water partition coefficient (Wildman–Crippen LogP) is 4.27. The van der Waals surface area contributed by atoms with E-state index in [0.29, 0.717) is 50.3 Å². The fourth-order valence-electron chi connectivity index (χ4n) is 4.73. The number of nitrogens with zero attached hydrogens (tertiary/aromatic N) is 2. The van der Waals surface area contributed by atoms with Gasteiger partial charge in [-0.05, 0) is 44.0 Å². The number of rotatable bonds is 6. The normalized spacial score (nSPS) is 19.2. The number of carbonyl (C=O) groups excluding carboxylic acids is 1. The van der Waals surface area contributed by atoms with Crippen molar-refractivity contribution in [3.8, 4) is 16.9 Å². The minimum atomic E-state index is -0.778. The molecule has 2 aromatic rings. The largest absolute Gasteiger partial charge is 0.486 e. The fraction of sp³-hybridized carbons (Fsp3) is 0.385. The number of piperazine rings is 1. The molecule has 192 valence electrons. The number of carbonyl (C=O) groups is 1. The predicted molar refractivity (Wildman–Crippen MR) is 136 cm³/mol. The zero-order chi connectivity index (χ0) is 26.0. The second-order valence-electron chi connectivity index (χ2n) is 8.98. The van der Waals surface area contributed by atoms with Crippen molar-refractivity contribution in [3.05, 3.63) is 59.1 Å². The van der Waals surface area contributed by atoms with Gasteiger partial charge in [0.05, 0.1) is 17.3 Å². The average Bonchev–Trinajstić information content (AvgIpc) is 2.86. The van der Waals surface area contributed by atoms with E-state index in [1.54, 1.807) is 11.0 Å². The lowest BCUT2D eigenvalue weighted by atomic mass is 9.96. The number of hydrogen-bond acceptors (Lipinski definition) is 5. The molecule has 1 unspecified atom stereocenters. The molecule has 0 saturated carbocycles. The van der Waals surface area contributed by atoms with Crippen LogP contribution in [0.1, 0.15) is 25.3 Å². The van der Waals surface area contributed by atoms with Crippen molar-refractivity contribution in [3.63, 3.8) is 0 Å². The van der Waals surface area contributed by atoms with Gasteiger partial charge in [0.1, 0.15) is 23.6 Å². The van der Waals surface area contributed by atoms with Crippen LogP contribution in [-0.2, 0) is 4.79 Å². The second-order valence-corrected chi connectivity index (χ2v) is 9.38. The number of benzene rings is 2. The van der Waals surface area contributed by atoms with Gasteiger partial charge in [0.25, 0.3) is 0 Å². The number of ether oxygens (including phenoxy) is 1. The van der Waals surface area contributed by atoms with Crippen LogP contribution in [0.15, 0.2) is 36.9 Å². The highest BCUT2D eigenvalue weighted by molar-refractivity contribution is 6.34. The number of amides is 1. The number of halogens is 3. The zero-order valence-corrected chi connectivity index (χ0v) is 20.7. The van der Waals surface area contributed by atoms with E-state index < -0.39 is 11.6 Å². The maximum atomic E-state index is 14.8. The molecule has 7 nitrogen and oxygen atoms in total. The maximum absolute atomic E-state index is 14.8. The van der Waals surface area contributed by atoms with E-state index in [-0.39, 0.29) is 52.4 Å². The summed E-state index contributed by atoms with van der Waals surface area (Å²) < 4.78 is 34.7. The van der Waals surface area contributed by atoms with E-state index in [2.05, 4.69) is 11.9 Å². The molecule has 2 aliphatic heterocycles. The van der Waals surface area contributed by atoms with Gasteiger partial charge in [-0.15, -0.1) is 0 Å². The Morgan fingerprint density at radius 2 is 2.14 bits per heavy atom. The van der Waals surface area contributed by atoms with Gasteiger partial charge in [0, 0.05) is 55.0 Å². The molecule has 2 aliphatic rings. The number of amidine groups is 1. The van der Waals surface area contributed by atoms with Crippen molar-refractivity contribution in [1.29, 1.82) is 5.41 Å². The van der Waals surface area contributed by atoms with Crippen LogP contribution >= 0.6 is 11.6 Å². The Morgan fingerprint density at radius 3 is 2.81 bits per heavy atom. The van der Waals surface area contributed by atoms with Crippen LogP contribution in [0.25, 0.3) is 11.1 Å². The molecule has 36 heavy (non-hydrogen) atoms. The van der Waals surface area contributed by atoms with Crippen molar-refractivity contribution in [2.24, 2.45) is 0 Å². The monoisotopic (exact) mass is 518 g/mol. The van der Waals surface area contributed by atoms with E-state index in [1.165, 1.54) is 12.1 Å². The van der Waals surface area contributed by atoms with Gasteiger partial charge in [-0.1, -0.05) is 18.2 Å². The summed E-state index contributed by atoms with van der Waals surface area (Å²) in [5.74, 6) is -1.15. The Balaban J connectivity index is 1.75. The molecule has 0 radical (unpaired) electrons. The summed E-state index contributed by atoms with van der Waals surface area (Å²) in [5, 5.41) is 21.7. The Bertz CT molecular complexity index is 1190. The van der Waals surface area contributed by atoms with Gasteiger partial charge in [0.2, 0.25) is 5.91 Å². The Labute approximate surface area is 213 Å². The van der Waals surface area contributed by atoms with Gasteiger partial charge in [-0.25, -0.2) is 8.78 Å². The van der Waals surface area contributed by atoms with E-state index in [9.17, 15) is 18.7 Å². The molecule has 4 rings (SSSR count). The van der Waals surface area contributed by atoms with Crippen LogP contribution in [0.5, 0.6) is 5.75 Å². The summed E-state index contributed by atoms with van der Waals surface area (Å²) in [6.07, 6.45) is 2.06. The van der Waals surface area contributed by atoms with Gasteiger partial charge >= 0.3 is 0 Å². The van der Waals surface area contributed by atoms with Crippen molar-refractivity contribution in [1.82, 2.24) is 9.80 Å². The first-order valence-corrected chi connectivity index (χ1v) is 12.2. The molecule has 2 atom stereocenters. The standard InChI is InChI=1S/C26H29ClF2N4O3/c1-3-22(35)32-8-9-33(15(2)14-32)26(30)19-12-20(27)23(18-7-6-16(28)11-21(18)29)25-24(19)31-13-17(36-25)5-4-10-34/h3,6-7,11-12,15,17,30-31,34H,1,4-5,8-10,13-14H2,2H3/t15-,17?/m0/s1. The first-order chi connectivity index (χ1) is 17.2. The number of fused-ring (bicyclic) bond motifs is 1. The SMILES string of the molecule is C=CC(=O)N1CCN(C(=N)c2cc(Cl)c(-c3ccc(F)cc3F)c3c2NCC(CCCO)O3)[C@@H](C)C1.